The third-order valence-electron chi connectivity index (χ3n) is 3.14. The normalized spacial score (nSPS) is 10.4. The Morgan fingerprint density at radius 3 is 2.36 bits per heavy atom. The largest absolute Gasteiger partial charge is 0.543 e. The van der Waals surface area contributed by atoms with Crippen LogP contribution < -0.4 is 10.4 Å². The van der Waals surface area contributed by atoms with E-state index >= 15 is 0 Å². The minimum atomic E-state index is -1.55. The number of carboxylic acid groups (broad SMARTS) is 1. The molecular weight excluding hydrogens is 282 g/mol. The van der Waals surface area contributed by atoms with Crippen molar-refractivity contribution in [1.29, 1.82) is 0 Å². The highest BCUT2D eigenvalue weighted by Crippen LogP contribution is 2.23. The number of carbonyl (C=O) groups is 2. The van der Waals surface area contributed by atoms with Crippen molar-refractivity contribution >= 4 is 28.3 Å². The van der Waals surface area contributed by atoms with Gasteiger partial charge in [0.15, 0.2) is 5.69 Å². The summed E-state index contributed by atoms with van der Waals surface area (Å²) in [4.78, 5) is 30.7. The molecular formula is C16H10N3O3-. The van der Waals surface area contributed by atoms with Gasteiger partial charge in [0, 0.05) is 23.5 Å². The third kappa shape index (κ3) is 2.49. The second-order valence-corrected chi connectivity index (χ2v) is 4.52. The summed E-state index contributed by atoms with van der Waals surface area (Å²) in [5, 5.41) is 15.5. The van der Waals surface area contributed by atoms with Crippen LogP contribution in [0.3, 0.4) is 0 Å². The number of carbonyl (C=O) groups excluding carboxylic acids is 2. The second-order valence-electron chi connectivity index (χ2n) is 4.52. The summed E-state index contributed by atoms with van der Waals surface area (Å²) in [6.45, 7) is 0. The van der Waals surface area contributed by atoms with Gasteiger partial charge in [-0.15, -0.1) is 0 Å². The first-order valence-corrected chi connectivity index (χ1v) is 6.48. The number of hydrogen-bond donors (Lipinski definition) is 1. The second kappa shape index (κ2) is 5.61. The van der Waals surface area contributed by atoms with Crippen molar-refractivity contribution in [3.05, 3.63) is 66.2 Å². The molecule has 2 aromatic carbocycles. The van der Waals surface area contributed by atoms with Crippen molar-refractivity contribution in [2.45, 2.75) is 0 Å². The lowest BCUT2D eigenvalue weighted by molar-refractivity contribution is -0.255. The molecule has 1 heterocycles. The number of nitrogens with one attached hydrogen (secondary N) is 1. The first-order valence-electron chi connectivity index (χ1n) is 6.48. The quantitative estimate of drug-likeness (QED) is 0.783. The van der Waals surface area contributed by atoms with E-state index in [1.807, 2.05) is 30.3 Å². The van der Waals surface area contributed by atoms with Gasteiger partial charge in [-0.25, -0.2) is 4.98 Å². The van der Waals surface area contributed by atoms with Crippen LogP contribution in [-0.4, -0.2) is 21.8 Å². The van der Waals surface area contributed by atoms with E-state index < -0.39 is 17.6 Å². The van der Waals surface area contributed by atoms with Crippen LogP contribution in [-0.2, 0) is 0 Å². The highest BCUT2D eigenvalue weighted by molar-refractivity contribution is 6.11. The Balaban J connectivity index is 1.99. The molecule has 0 radical (unpaired) electrons. The van der Waals surface area contributed by atoms with Gasteiger partial charge in [-0.05, 0) is 11.5 Å². The van der Waals surface area contributed by atoms with Gasteiger partial charge in [0.1, 0.15) is 5.69 Å². The Kier molecular flexibility index (Phi) is 3.49. The number of anilines is 1. The SMILES string of the molecule is O=C([O-])c1nccnc1C(=O)Nc1cccc2ccccc12. The van der Waals surface area contributed by atoms with Gasteiger partial charge in [-0.2, -0.15) is 0 Å². The highest BCUT2D eigenvalue weighted by atomic mass is 16.4. The minimum Gasteiger partial charge on any atom is -0.543 e. The van der Waals surface area contributed by atoms with Crippen molar-refractivity contribution in [2.24, 2.45) is 0 Å². The van der Waals surface area contributed by atoms with Crippen LogP contribution >= 0.6 is 0 Å². The molecule has 3 rings (SSSR count). The van der Waals surface area contributed by atoms with Gasteiger partial charge in [0.05, 0.1) is 5.97 Å². The number of benzene rings is 2. The number of aromatic carboxylic acids is 1. The van der Waals surface area contributed by atoms with Gasteiger partial charge >= 0.3 is 0 Å². The number of hydrogen-bond acceptors (Lipinski definition) is 5. The average molecular weight is 292 g/mol. The van der Waals surface area contributed by atoms with Gasteiger partial charge in [-0.1, -0.05) is 36.4 Å². The highest BCUT2D eigenvalue weighted by Gasteiger charge is 2.15. The summed E-state index contributed by atoms with van der Waals surface area (Å²) in [6.07, 6.45) is 2.45. The fraction of sp³-hybridized carbons (Fsp3) is 0. The van der Waals surface area contributed by atoms with E-state index in [0.29, 0.717) is 5.69 Å². The van der Waals surface area contributed by atoms with Crippen molar-refractivity contribution in [3.63, 3.8) is 0 Å². The lowest BCUT2D eigenvalue weighted by atomic mass is 10.1. The molecule has 22 heavy (non-hydrogen) atoms. The van der Waals surface area contributed by atoms with E-state index in [1.54, 1.807) is 12.1 Å². The number of fused-ring (bicyclic) bond motifs is 1. The molecule has 1 amide bonds. The maximum Gasteiger partial charge on any atom is 0.276 e. The summed E-state index contributed by atoms with van der Waals surface area (Å²) in [6, 6.07) is 13.0. The topological polar surface area (TPSA) is 95.0 Å². The zero-order valence-electron chi connectivity index (χ0n) is 11.3. The molecule has 1 N–H and O–H groups in total. The Hall–Kier alpha value is -3.28. The molecule has 0 saturated heterocycles. The summed E-state index contributed by atoms with van der Waals surface area (Å²) in [7, 11) is 0. The van der Waals surface area contributed by atoms with Crippen molar-refractivity contribution in [3.8, 4) is 0 Å². The molecule has 0 unspecified atom stereocenters. The van der Waals surface area contributed by atoms with Gasteiger partial charge in [0.25, 0.3) is 5.91 Å². The zero-order chi connectivity index (χ0) is 15.5. The lowest BCUT2D eigenvalue weighted by Gasteiger charge is -2.10. The van der Waals surface area contributed by atoms with Crippen molar-refractivity contribution in [1.82, 2.24) is 9.97 Å². The standard InChI is InChI=1S/C16H11N3O3/c20-15(13-14(16(21)22)18-9-8-17-13)19-12-7-3-5-10-4-1-2-6-11(10)12/h1-9H,(H,19,20)(H,21,22)/p-1. The fourth-order valence-corrected chi connectivity index (χ4v) is 2.17. The molecule has 6 heteroatoms. The van der Waals surface area contributed by atoms with E-state index in [0.717, 1.165) is 10.8 Å². The Labute approximate surface area is 125 Å². The number of aromatic nitrogens is 2. The lowest BCUT2D eigenvalue weighted by Crippen LogP contribution is -2.28. The van der Waals surface area contributed by atoms with Crippen LogP contribution in [0.1, 0.15) is 21.0 Å². The average Bonchev–Trinajstić information content (AvgIpc) is 2.55. The fourth-order valence-electron chi connectivity index (χ4n) is 2.17. The Morgan fingerprint density at radius 1 is 0.909 bits per heavy atom. The third-order valence-corrected chi connectivity index (χ3v) is 3.14. The molecule has 108 valence electrons. The molecule has 1 aromatic heterocycles. The monoisotopic (exact) mass is 292 g/mol. The molecule has 0 aliphatic rings. The molecule has 0 aliphatic heterocycles. The first kappa shape index (κ1) is 13.7. The molecule has 0 bridgehead atoms. The smallest absolute Gasteiger partial charge is 0.276 e. The molecule has 6 nitrogen and oxygen atoms in total. The first-order chi connectivity index (χ1) is 10.7. The van der Waals surface area contributed by atoms with Crippen LogP contribution in [0.4, 0.5) is 5.69 Å². The van der Waals surface area contributed by atoms with E-state index in [-0.39, 0.29) is 5.69 Å². The summed E-state index contributed by atoms with van der Waals surface area (Å²) in [5.74, 6) is -2.19. The van der Waals surface area contributed by atoms with E-state index in [1.165, 1.54) is 12.4 Å². The van der Waals surface area contributed by atoms with E-state index in [9.17, 15) is 14.7 Å². The minimum absolute atomic E-state index is 0.282. The maximum absolute atomic E-state index is 12.3. The van der Waals surface area contributed by atoms with E-state index in [4.69, 9.17) is 0 Å². The summed E-state index contributed by atoms with van der Waals surface area (Å²) >= 11 is 0. The van der Waals surface area contributed by atoms with E-state index in [2.05, 4.69) is 15.3 Å². The Bertz CT molecular complexity index is 872. The van der Waals surface area contributed by atoms with Crippen LogP contribution in [0.25, 0.3) is 10.8 Å². The predicted octanol–water partition coefficient (Wildman–Crippen LogP) is 1.25. The molecule has 0 aliphatic carbocycles. The molecule has 0 spiro atoms. The molecule has 0 saturated carbocycles. The number of amides is 1. The molecule has 0 atom stereocenters. The summed E-state index contributed by atoms with van der Waals surface area (Å²) in [5.41, 5.74) is -0.200. The van der Waals surface area contributed by atoms with Gasteiger partial charge < -0.3 is 15.2 Å². The number of carboxylic acids is 1. The van der Waals surface area contributed by atoms with Crippen LogP contribution in [0.15, 0.2) is 54.9 Å². The van der Waals surface area contributed by atoms with Gasteiger partial charge in [-0.3, -0.25) is 9.78 Å². The Morgan fingerprint density at radius 2 is 1.59 bits per heavy atom. The zero-order valence-corrected chi connectivity index (χ0v) is 11.3. The van der Waals surface area contributed by atoms with Crippen LogP contribution in [0.2, 0.25) is 0 Å². The van der Waals surface area contributed by atoms with Gasteiger partial charge in [0.2, 0.25) is 0 Å². The molecule has 0 fully saturated rings. The predicted molar refractivity (Wildman–Crippen MR) is 78.3 cm³/mol. The number of nitrogens with zero attached hydrogens (tertiary/aromatic N) is 2. The van der Waals surface area contributed by atoms with Crippen molar-refractivity contribution in [2.75, 3.05) is 5.32 Å². The molecule has 3 aromatic rings. The van der Waals surface area contributed by atoms with Crippen LogP contribution in [0, 0.1) is 0 Å². The summed E-state index contributed by atoms with van der Waals surface area (Å²) < 4.78 is 0. The van der Waals surface area contributed by atoms with Crippen LogP contribution in [0.5, 0.6) is 0 Å². The van der Waals surface area contributed by atoms with Crippen molar-refractivity contribution < 1.29 is 14.7 Å². The maximum atomic E-state index is 12.3. The number of rotatable bonds is 3.